The summed E-state index contributed by atoms with van der Waals surface area (Å²) in [7, 11) is 0. The molecule has 0 amide bonds. The average molecular weight is 355 g/mol. The number of piperazine rings is 1. The molecule has 0 unspecified atom stereocenters. The molecule has 0 radical (unpaired) electrons. The third kappa shape index (κ3) is 5.06. The molecule has 1 heterocycles. The lowest BCUT2D eigenvalue weighted by molar-refractivity contribution is -0.141. The lowest BCUT2D eigenvalue weighted by Gasteiger charge is -2.37. The summed E-state index contributed by atoms with van der Waals surface area (Å²) in [5.74, 6) is -0.960. The quantitative estimate of drug-likeness (QED) is 0.813. The van der Waals surface area contributed by atoms with Gasteiger partial charge in [0, 0.05) is 32.2 Å². The van der Waals surface area contributed by atoms with Crippen molar-refractivity contribution in [2.24, 2.45) is 5.92 Å². The van der Waals surface area contributed by atoms with Gasteiger partial charge in [-0.05, 0) is 24.0 Å². The Kier molecular flexibility index (Phi) is 7.29. The fraction of sp³-hybridized carbons (Fsp3) is 0.625. The van der Waals surface area contributed by atoms with Crippen molar-refractivity contribution < 1.29 is 17.6 Å². The van der Waals surface area contributed by atoms with Gasteiger partial charge in [-0.3, -0.25) is 4.90 Å². The van der Waals surface area contributed by atoms with Gasteiger partial charge in [0.25, 0.3) is 0 Å². The molecule has 1 aliphatic rings. The largest absolute Gasteiger partial charge is 0.419 e. The topological polar surface area (TPSA) is 15.3 Å². The van der Waals surface area contributed by atoms with Crippen molar-refractivity contribution in [1.82, 2.24) is 10.2 Å². The molecule has 0 spiro atoms. The van der Waals surface area contributed by atoms with Crippen molar-refractivity contribution in [3.63, 3.8) is 0 Å². The Morgan fingerprint density at radius 3 is 2.30 bits per heavy atom. The third-order valence-corrected chi connectivity index (χ3v) is 3.98. The standard InChI is InChI=1S/C16H22F4N2.ClH/c1-11(2)10-14(22-8-6-21-7-9-22)12-4-3-5-13(17)15(12)16(18,19)20;/h3-5,11,14,21H,6-10H2,1-2H3;1H/t14-;/m0./s1. The van der Waals surface area contributed by atoms with Crippen molar-refractivity contribution >= 4 is 12.4 Å². The minimum atomic E-state index is -4.68. The number of alkyl halides is 3. The molecule has 1 aromatic rings. The highest BCUT2D eigenvalue weighted by Crippen LogP contribution is 2.40. The van der Waals surface area contributed by atoms with E-state index in [-0.39, 0.29) is 23.9 Å². The van der Waals surface area contributed by atoms with Gasteiger partial charge in [-0.15, -0.1) is 12.4 Å². The molecular weight excluding hydrogens is 332 g/mol. The van der Waals surface area contributed by atoms with Gasteiger partial charge < -0.3 is 5.32 Å². The monoisotopic (exact) mass is 354 g/mol. The van der Waals surface area contributed by atoms with Crippen LogP contribution in [0.5, 0.6) is 0 Å². The summed E-state index contributed by atoms with van der Waals surface area (Å²) in [6.07, 6.45) is -4.10. The van der Waals surface area contributed by atoms with Crippen molar-refractivity contribution in [1.29, 1.82) is 0 Å². The van der Waals surface area contributed by atoms with Crippen LogP contribution in [0.15, 0.2) is 18.2 Å². The molecule has 1 saturated heterocycles. The van der Waals surface area contributed by atoms with Crippen LogP contribution in [-0.2, 0) is 6.18 Å². The molecule has 0 bridgehead atoms. The first-order chi connectivity index (χ1) is 10.3. The van der Waals surface area contributed by atoms with Crippen LogP contribution >= 0.6 is 12.4 Å². The van der Waals surface area contributed by atoms with E-state index in [4.69, 9.17) is 0 Å². The van der Waals surface area contributed by atoms with Crippen LogP contribution in [0.1, 0.15) is 37.4 Å². The summed E-state index contributed by atoms with van der Waals surface area (Å²) in [4.78, 5) is 2.03. The second-order valence-electron chi connectivity index (χ2n) is 6.13. The predicted molar refractivity (Wildman–Crippen MR) is 85.3 cm³/mol. The molecule has 2 nitrogen and oxygen atoms in total. The van der Waals surface area contributed by atoms with E-state index in [1.165, 1.54) is 12.1 Å². The van der Waals surface area contributed by atoms with E-state index in [0.717, 1.165) is 19.2 Å². The molecular formula is C16H23ClF4N2. The number of nitrogens with zero attached hydrogens (tertiary/aromatic N) is 1. The number of nitrogens with one attached hydrogen (secondary N) is 1. The second-order valence-corrected chi connectivity index (χ2v) is 6.13. The molecule has 0 aliphatic carbocycles. The van der Waals surface area contributed by atoms with Crippen molar-refractivity contribution in [2.75, 3.05) is 26.2 Å². The van der Waals surface area contributed by atoms with Crippen LogP contribution in [0.25, 0.3) is 0 Å². The van der Waals surface area contributed by atoms with Gasteiger partial charge in [0.05, 0.1) is 5.56 Å². The fourth-order valence-electron chi connectivity index (χ4n) is 3.03. The molecule has 1 aromatic carbocycles. The Balaban J connectivity index is 0.00000264. The molecule has 23 heavy (non-hydrogen) atoms. The maximum atomic E-state index is 13.9. The number of rotatable bonds is 4. The summed E-state index contributed by atoms with van der Waals surface area (Å²) in [5.41, 5.74) is -1.05. The Morgan fingerprint density at radius 2 is 1.78 bits per heavy atom. The zero-order valence-corrected chi connectivity index (χ0v) is 14.1. The highest BCUT2D eigenvalue weighted by molar-refractivity contribution is 5.85. The molecule has 1 atom stereocenters. The van der Waals surface area contributed by atoms with Crippen LogP contribution in [-0.4, -0.2) is 31.1 Å². The summed E-state index contributed by atoms with van der Waals surface area (Å²) < 4.78 is 53.8. The van der Waals surface area contributed by atoms with Gasteiger partial charge in [-0.25, -0.2) is 4.39 Å². The lowest BCUT2D eigenvalue weighted by Crippen LogP contribution is -2.45. The smallest absolute Gasteiger partial charge is 0.314 e. The molecule has 0 aromatic heterocycles. The summed E-state index contributed by atoms with van der Waals surface area (Å²) >= 11 is 0. The van der Waals surface area contributed by atoms with E-state index < -0.39 is 23.6 Å². The van der Waals surface area contributed by atoms with E-state index in [1.54, 1.807) is 0 Å². The highest BCUT2D eigenvalue weighted by atomic mass is 35.5. The Hall–Kier alpha value is -0.850. The molecule has 1 fully saturated rings. The van der Waals surface area contributed by atoms with Crippen molar-refractivity contribution in [3.05, 3.63) is 35.1 Å². The SMILES string of the molecule is CC(C)C[C@@H](c1cccc(F)c1C(F)(F)F)N1CCNCC1.Cl. The fourth-order valence-corrected chi connectivity index (χ4v) is 3.03. The molecule has 2 rings (SSSR count). The van der Waals surface area contributed by atoms with E-state index in [0.29, 0.717) is 19.5 Å². The molecule has 7 heteroatoms. The minimum absolute atomic E-state index is 0. The van der Waals surface area contributed by atoms with E-state index in [9.17, 15) is 17.6 Å². The molecule has 1 N–H and O–H groups in total. The van der Waals surface area contributed by atoms with Crippen LogP contribution < -0.4 is 5.32 Å². The summed E-state index contributed by atoms with van der Waals surface area (Å²) in [5, 5.41) is 3.19. The maximum Gasteiger partial charge on any atom is 0.419 e. The first-order valence-corrected chi connectivity index (χ1v) is 7.61. The molecule has 132 valence electrons. The summed E-state index contributed by atoms with van der Waals surface area (Å²) in [6.45, 7) is 6.77. The first-order valence-electron chi connectivity index (χ1n) is 7.61. The highest BCUT2D eigenvalue weighted by Gasteiger charge is 2.39. The van der Waals surface area contributed by atoms with E-state index >= 15 is 0 Å². The predicted octanol–water partition coefficient (Wildman–Crippen LogP) is 4.26. The van der Waals surface area contributed by atoms with Gasteiger partial charge in [-0.2, -0.15) is 13.2 Å². The Labute approximate surface area is 140 Å². The van der Waals surface area contributed by atoms with Crippen LogP contribution in [0, 0.1) is 11.7 Å². The van der Waals surface area contributed by atoms with Crippen LogP contribution in [0.3, 0.4) is 0 Å². The van der Waals surface area contributed by atoms with Gasteiger partial charge in [0.15, 0.2) is 0 Å². The van der Waals surface area contributed by atoms with Crippen molar-refractivity contribution in [3.8, 4) is 0 Å². The number of benzene rings is 1. The maximum absolute atomic E-state index is 13.9. The number of hydrogen-bond donors (Lipinski definition) is 1. The number of hydrogen-bond acceptors (Lipinski definition) is 2. The normalized spacial score (nSPS) is 17.9. The Bertz CT molecular complexity index is 499. The van der Waals surface area contributed by atoms with Gasteiger partial charge in [0.1, 0.15) is 5.82 Å². The zero-order chi connectivity index (χ0) is 16.3. The molecule has 0 saturated carbocycles. The Morgan fingerprint density at radius 1 is 1.17 bits per heavy atom. The number of halogens is 5. The lowest BCUT2D eigenvalue weighted by atomic mass is 9.91. The first kappa shape index (κ1) is 20.2. The molecule has 1 aliphatic heterocycles. The second kappa shape index (κ2) is 8.31. The van der Waals surface area contributed by atoms with E-state index in [1.807, 2.05) is 18.7 Å². The van der Waals surface area contributed by atoms with Crippen molar-refractivity contribution in [2.45, 2.75) is 32.5 Å². The average Bonchev–Trinajstić information content (AvgIpc) is 2.44. The van der Waals surface area contributed by atoms with E-state index in [2.05, 4.69) is 5.32 Å². The van der Waals surface area contributed by atoms with Crippen LogP contribution in [0.2, 0.25) is 0 Å². The zero-order valence-electron chi connectivity index (χ0n) is 13.3. The third-order valence-electron chi connectivity index (χ3n) is 3.98. The van der Waals surface area contributed by atoms with Crippen LogP contribution in [0.4, 0.5) is 17.6 Å². The van der Waals surface area contributed by atoms with Gasteiger partial charge in [-0.1, -0.05) is 26.0 Å². The van der Waals surface area contributed by atoms with Gasteiger partial charge >= 0.3 is 6.18 Å². The minimum Gasteiger partial charge on any atom is -0.314 e. The van der Waals surface area contributed by atoms with Gasteiger partial charge in [0.2, 0.25) is 0 Å². The summed E-state index contributed by atoms with van der Waals surface area (Å²) in [6, 6.07) is 3.27.